The molecule has 0 bridgehead atoms. The summed E-state index contributed by atoms with van der Waals surface area (Å²) in [5, 5.41) is 2.06. The van der Waals surface area contributed by atoms with E-state index in [-0.39, 0.29) is 5.97 Å². The van der Waals surface area contributed by atoms with Crippen LogP contribution in [0.5, 0.6) is 11.5 Å². The van der Waals surface area contributed by atoms with E-state index in [0.29, 0.717) is 17.7 Å². The Balaban J connectivity index is 1.44. The van der Waals surface area contributed by atoms with Crippen LogP contribution in [-0.4, -0.2) is 35.6 Å². The van der Waals surface area contributed by atoms with Crippen molar-refractivity contribution < 1.29 is 14.3 Å². The number of fused-ring (bicyclic) bond motifs is 5. The Bertz CT molecular complexity index is 1740. The SMILES string of the molecule is CCCCOC(=O)c1ccc2nc3c(cc4c5c(cccc53)Oc3cc(N(CCCC)CCCC)ccc3-4)nc2c1. The number of aromatic nitrogens is 2. The molecule has 6 heteroatoms. The molecule has 0 atom stereocenters. The standard InChI is InChI=1S/C35H37N3O3/c1-4-7-17-38(18-8-5-2)24-14-15-25-27-22-30-34(26-11-10-12-31(33(26)27)41-32(25)21-24)37-28-16-13-23(20-29(28)36-30)35(39)40-19-9-6-3/h10-16,20-22H,4-9,17-19H2,1-3H3. The van der Waals surface area contributed by atoms with Crippen molar-refractivity contribution in [3.8, 4) is 22.6 Å². The quantitative estimate of drug-likeness (QED) is 0.0698. The number of unbranched alkanes of at least 4 members (excludes halogenated alkanes) is 3. The summed E-state index contributed by atoms with van der Waals surface area (Å²) in [6.07, 6.45) is 6.50. The van der Waals surface area contributed by atoms with Crippen molar-refractivity contribution in [1.82, 2.24) is 9.97 Å². The average molecular weight is 548 g/mol. The van der Waals surface area contributed by atoms with Crippen LogP contribution >= 0.6 is 0 Å². The second kappa shape index (κ2) is 11.7. The number of nitrogens with zero attached hydrogens (tertiary/aromatic N) is 3. The molecule has 210 valence electrons. The summed E-state index contributed by atoms with van der Waals surface area (Å²) in [5.41, 5.74) is 6.87. The maximum Gasteiger partial charge on any atom is 0.338 e. The van der Waals surface area contributed by atoms with Crippen molar-refractivity contribution in [2.75, 3.05) is 24.6 Å². The van der Waals surface area contributed by atoms with E-state index < -0.39 is 0 Å². The molecule has 0 N–H and O–H groups in total. The van der Waals surface area contributed by atoms with Crippen molar-refractivity contribution in [3.05, 3.63) is 66.2 Å². The van der Waals surface area contributed by atoms with Gasteiger partial charge in [-0.25, -0.2) is 14.8 Å². The van der Waals surface area contributed by atoms with Crippen LogP contribution in [0.3, 0.4) is 0 Å². The van der Waals surface area contributed by atoms with E-state index in [0.717, 1.165) is 75.9 Å². The molecule has 0 spiro atoms. The van der Waals surface area contributed by atoms with Crippen LogP contribution in [0.2, 0.25) is 0 Å². The lowest BCUT2D eigenvalue weighted by Gasteiger charge is -2.27. The summed E-state index contributed by atoms with van der Waals surface area (Å²) in [7, 11) is 0. The number of carbonyl (C=O) groups is 1. The van der Waals surface area contributed by atoms with Gasteiger partial charge in [0, 0.05) is 41.2 Å². The molecule has 2 heterocycles. The molecule has 1 aliphatic rings. The van der Waals surface area contributed by atoms with Crippen LogP contribution < -0.4 is 9.64 Å². The highest BCUT2D eigenvalue weighted by Crippen LogP contribution is 2.49. The minimum atomic E-state index is -0.325. The topological polar surface area (TPSA) is 64.6 Å². The van der Waals surface area contributed by atoms with Crippen LogP contribution in [0.1, 0.15) is 69.7 Å². The van der Waals surface area contributed by atoms with E-state index in [9.17, 15) is 4.79 Å². The normalized spacial score (nSPS) is 12.0. The third kappa shape index (κ3) is 5.19. The molecule has 0 fully saturated rings. The average Bonchev–Trinajstić information content (AvgIpc) is 3.00. The van der Waals surface area contributed by atoms with Gasteiger partial charge in [0.05, 0.1) is 34.2 Å². The molecule has 0 aliphatic carbocycles. The van der Waals surface area contributed by atoms with Crippen LogP contribution in [0.4, 0.5) is 5.69 Å². The van der Waals surface area contributed by atoms with E-state index in [1.165, 1.54) is 31.4 Å². The van der Waals surface area contributed by atoms with Crippen molar-refractivity contribution in [2.45, 2.75) is 59.3 Å². The lowest BCUT2D eigenvalue weighted by molar-refractivity contribution is 0.0500. The number of hydrogen-bond acceptors (Lipinski definition) is 6. The molecular weight excluding hydrogens is 510 g/mol. The van der Waals surface area contributed by atoms with Crippen molar-refractivity contribution >= 4 is 44.5 Å². The Morgan fingerprint density at radius 1 is 0.780 bits per heavy atom. The molecule has 0 radical (unpaired) electrons. The summed E-state index contributed by atoms with van der Waals surface area (Å²) in [6.45, 7) is 9.06. The van der Waals surface area contributed by atoms with E-state index in [4.69, 9.17) is 19.4 Å². The highest BCUT2D eigenvalue weighted by molar-refractivity contribution is 6.16. The summed E-state index contributed by atoms with van der Waals surface area (Å²) in [4.78, 5) is 25.1. The van der Waals surface area contributed by atoms with Gasteiger partial charge in [0.15, 0.2) is 0 Å². The molecule has 0 amide bonds. The zero-order chi connectivity index (χ0) is 28.3. The second-order valence-corrected chi connectivity index (χ2v) is 10.9. The van der Waals surface area contributed by atoms with Crippen LogP contribution in [0.25, 0.3) is 44.0 Å². The number of anilines is 1. The highest BCUT2D eigenvalue weighted by Gasteiger charge is 2.24. The van der Waals surface area contributed by atoms with Gasteiger partial charge < -0.3 is 14.4 Å². The fraction of sp³-hybridized carbons (Fsp3) is 0.343. The van der Waals surface area contributed by atoms with Gasteiger partial charge in [0.25, 0.3) is 0 Å². The number of benzene rings is 4. The number of ether oxygens (including phenoxy) is 2. The number of carbonyl (C=O) groups excluding carboxylic acids is 1. The molecule has 1 aliphatic heterocycles. The Kier molecular flexibility index (Phi) is 7.73. The van der Waals surface area contributed by atoms with E-state index in [2.05, 4.69) is 56.0 Å². The smallest absolute Gasteiger partial charge is 0.338 e. The Hall–Kier alpha value is -4.19. The van der Waals surface area contributed by atoms with Crippen LogP contribution in [-0.2, 0) is 4.74 Å². The van der Waals surface area contributed by atoms with Gasteiger partial charge in [-0.05, 0) is 67.3 Å². The van der Waals surface area contributed by atoms with E-state index >= 15 is 0 Å². The van der Waals surface area contributed by atoms with Gasteiger partial charge in [-0.15, -0.1) is 0 Å². The summed E-state index contributed by atoms with van der Waals surface area (Å²) in [6, 6.07) is 20.3. The summed E-state index contributed by atoms with van der Waals surface area (Å²) in [5.74, 6) is 1.38. The van der Waals surface area contributed by atoms with Gasteiger partial charge in [-0.3, -0.25) is 0 Å². The second-order valence-electron chi connectivity index (χ2n) is 10.9. The molecule has 1 aromatic heterocycles. The van der Waals surface area contributed by atoms with Gasteiger partial charge in [-0.2, -0.15) is 0 Å². The van der Waals surface area contributed by atoms with Gasteiger partial charge >= 0.3 is 5.97 Å². The summed E-state index contributed by atoms with van der Waals surface area (Å²) < 4.78 is 12.0. The molecular formula is C35H37N3O3. The first-order chi connectivity index (χ1) is 20.1. The zero-order valence-electron chi connectivity index (χ0n) is 24.2. The minimum Gasteiger partial charge on any atom is -0.462 e. The van der Waals surface area contributed by atoms with E-state index in [1.54, 1.807) is 12.1 Å². The Morgan fingerprint density at radius 2 is 1.59 bits per heavy atom. The first-order valence-corrected chi connectivity index (χ1v) is 15.0. The lowest BCUT2D eigenvalue weighted by atomic mass is 9.93. The number of rotatable bonds is 11. The fourth-order valence-electron chi connectivity index (χ4n) is 5.60. The van der Waals surface area contributed by atoms with Gasteiger partial charge in [-0.1, -0.05) is 52.2 Å². The molecule has 4 aromatic carbocycles. The molecule has 6 rings (SSSR count). The molecule has 0 unspecified atom stereocenters. The lowest BCUT2D eigenvalue weighted by Crippen LogP contribution is -2.25. The van der Waals surface area contributed by atoms with Crippen LogP contribution in [0.15, 0.2) is 60.7 Å². The van der Waals surface area contributed by atoms with Gasteiger partial charge in [0.1, 0.15) is 11.5 Å². The Labute approximate surface area is 241 Å². The third-order valence-electron chi connectivity index (χ3n) is 7.89. The third-order valence-corrected chi connectivity index (χ3v) is 7.89. The predicted octanol–water partition coefficient (Wildman–Crippen LogP) is 9.07. The largest absolute Gasteiger partial charge is 0.462 e. The number of esters is 1. The van der Waals surface area contributed by atoms with Crippen molar-refractivity contribution in [3.63, 3.8) is 0 Å². The summed E-state index contributed by atoms with van der Waals surface area (Å²) >= 11 is 0. The molecule has 5 aromatic rings. The minimum absolute atomic E-state index is 0.325. The zero-order valence-corrected chi connectivity index (χ0v) is 24.2. The molecule has 41 heavy (non-hydrogen) atoms. The van der Waals surface area contributed by atoms with Crippen LogP contribution in [0, 0.1) is 0 Å². The Morgan fingerprint density at radius 3 is 2.37 bits per heavy atom. The molecule has 0 saturated heterocycles. The molecule has 0 saturated carbocycles. The number of hydrogen-bond donors (Lipinski definition) is 0. The maximum atomic E-state index is 12.6. The first kappa shape index (κ1) is 27.0. The predicted molar refractivity (Wildman–Crippen MR) is 167 cm³/mol. The van der Waals surface area contributed by atoms with Gasteiger partial charge in [0.2, 0.25) is 0 Å². The van der Waals surface area contributed by atoms with E-state index in [1.807, 2.05) is 18.2 Å². The maximum absolute atomic E-state index is 12.6. The fourth-order valence-corrected chi connectivity index (χ4v) is 5.60. The molecule has 6 nitrogen and oxygen atoms in total. The monoisotopic (exact) mass is 547 g/mol. The van der Waals surface area contributed by atoms with Crippen molar-refractivity contribution in [1.29, 1.82) is 0 Å². The highest BCUT2D eigenvalue weighted by atomic mass is 16.5. The first-order valence-electron chi connectivity index (χ1n) is 15.0. The van der Waals surface area contributed by atoms with Crippen molar-refractivity contribution in [2.24, 2.45) is 0 Å².